The van der Waals surface area contributed by atoms with Crippen molar-refractivity contribution in [1.29, 1.82) is 0 Å². The topological polar surface area (TPSA) is 70.9 Å². The second kappa shape index (κ2) is 4.10. The van der Waals surface area contributed by atoms with Gasteiger partial charge >= 0.3 is 0 Å². The number of aromatic nitrogens is 1. The number of carbonyl (C=O) groups is 1. The number of nitrogens with two attached hydrogens (primary N) is 1. The Hall–Kier alpha value is -2.23. The molecule has 0 aliphatic heterocycles. The van der Waals surface area contributed by atoms with E-state index < -0.39 is 0 Å². The summed E-state index contributed by atoms with van der Waals surface area (Å²) in [6.45, 7) is 4.00. The molecule has 0 saturated heterocycles. The molecule has 1 aromatic heterocycles. The van der Waals surface area contributed by atoms with E-state index >= 15 is 0 Å². The lowest BCUT2D eigenvalue weighted by Gasteiger charge is -2.00. The van der Waals surface area contributed by atoms with Crippen LogP contribution < -0.4 is 11.1 Å². The van der Waals surface area contributed by atoms with Crippen LogP contribution in [-0.2, 0) is 0 Å². The van der Waals surface area contributed by atoms with Crippen molar-refractivity contribution in [3.63, 3.8) is 0 Å². The number of fused-ring (bicyclic) bond motifs is 1. The zero-order valence-corrected chi connectivity index (χ0v) is 8.79. The predicted molar refractivity (Wildman–Crippen MR) is 65.2 cm³/mol. The minimum Gasteiger partial charge on any atom is -0.399 e. The molecule has 0 atom stereocenters. The molecule has 4 nitrogen and oxygen atoms in total. The summed E-state index contributed by atoms with van der Waals surface area (Å²) in [5, 5.41) is 3.56. The van der Waals surface area contributed by atoms with Gasteiger partial charge in [-0.2, -0.15) is 0 Å². The van der Waals surface area contributed by atoms with Gasteiger partial charge in [0.15, 0.2) is 0 Å². The summed E-state index contributed by atoms with van der Waals surface area (Å²) in [5.74, 6) is -0.128. The molecular formula is C12H13N3O. The minimum atomic E-state index is -0.128. The van der Waals surface area contributed by atoms with Crippen LogP contribution in [0.1, 0.15) is 10.4 Å². The quantitative estimate of drug-likeness (QED) is 0.538. The van der Waals surface area contributed by atoms with E-state index in [1.807, 2.05) is 6.07 Å². The van der Waals surface area contributed by atoms with Crippen LogP contribution >= 0.6 is 0 Å². The first-order chi connectivity index (χ1) is 7.72. The fourth-order valence-electron chi connectivity index (χ4n) is 1.59. The molecule has 2 rings (SSSR count). The number of amides is 1. The first-order valence-corrected chi connectivity index (χ1v) is 4.98. The zero-order chi connectivity index (χ0) is 11.5. The van der Waals surface area contributed by atoms with E-state index in [-0.39, 0.29) is 5.91 Å². The molecule has 4 N–H and O–H groups in total. The number of benzene rings is 1. The molecule has 0 fully saturated rings. The molecule has 4 heteroatoms. The summed E-state index contributed by atoms with van der Waals surface area (Å²) < 4.78 is 0. The number of hydrogen-bond acceptors (Lipinski definition) is 2. The number of rotatable bonds is 3. The molecule has 0 aliphatic carbocycles. The number of hydrogen-bond donors (Lipinski definition) is 3. The van der Waals surface area contributed by atoms with Crippen molar-refractivity contribution in [1.82, 2.24) is 10.3 Å². The van der Waals surface area contributed by atoms with E-state index in [0.717, 1.165) is 10.9 Å². The summed E-state index contributed by atoms with van der Waals surface area (Å²) in [6.07, 6.45) is 3.32. The van der Waals surface area contributed by atoms with Crippen molar-refractivity contribution in [3.05, 3.63) is 42.6 Å². The lowest BCUT2D eigenvalue weighted by Crippen LogP contribution is -2.22. The average Bonchev–Trinajstić information content (AvgIpc) is 2.68. The van der Waals surface area contributed by atoms with E-state index in [9.17, 15) is 4.79 Å². The fraction of sp³-hybridized carbons (Fsp3) is 0.0833. The number of carbonyl (C=O) groups excluding carboxylic acids is 1. The molecule has 16 heavy (non-hydrogen) atoms. The Morgan fingerprint density at radius 2 is 2.38 bits per heavy atom. The van der Waals surface area contributed by atoms with E-state index in [1.54, 1.807) is 24.4 Å². The second-order valence-electron chi connectivity index (χ2n) is 3.51. The summed E-state index contributed by atoms with van der Waals surface area (Å²) in [7, 11) is 0. The number of nitrogen functional groups attached to an aromatic ring is 1. The molecule has 0 bridgehead atoms. The van der Waals surface area contributed by atoms with Crippen molar-refractivity contribution in [2.24, 2.45) is 0 Å². The second-order valence-corrected chi connectivity index (χ2v) is 3.51. The van der Waals surface area contributed by atoms with Gasteiger partial charge in [0.2, 0.25) is 0 Å². The molecule has 1 amide bonds. The molecule has 0 spiro atoms. The van der Waals surface area contributed by atoms with Crippen LogP contribution in [0.5, 0.6) is 0 Å². The van der Waals surface area contributed by atoms with Gasteiger partial charge < -0.3 is 16.0 Å². The van der Waals surface area contributed by atoms with Crippen molar-refractivity contribution < 1.29 is 4.79 Å². The van der Waals surface area contributed by atoms with E-state index in [0.29, 0.717) is 17.8 Å². The normalized spacial score (nSPS) is 10.2. The van der Waals surface area contributed by atoms with Crippen molar-refractivity contribution in [3.8, 4) is 0 Å². The Morgan fingerprint density at radius 1 is 1.56 bits per heavy atom. The van der Waals surface area contributed by atoms with Gasteiger partial charge in [0.25, 0.3) is 5.91 Å². The van der Waals surface area contributed by atoms with Crippen LogP contribution in [0.15, 0.2) is 37.1 Å². The highest BCUT2D eigenvalue weighted by Gasteiger charge is 2.10. The number of anilines is 1. The van der Waals surface area contributed by atoms with Gasteiger partial charge in [-0.1, -0.05) is 6.08 Å². The van der Waals surface area contributed by atoms with Crippen molar-refractivity contribution >= 4 is 22.5 Å². The van der Waals surface area contributed by atoms with E-state index in [2.05, 4.69) is 16.9 Å². The first kappa shape index (κ1) is 10.3. The Labute approximate surface area is 93.1 Å². The maximum atomic E-state index is 11.8. The predicted octanol–water partition coefficient (Wildman–Crippen LogP) is 1.67. The molecular weight excluding hydrogens is 202 g/mol. The number of aromatic amines is 1. The van der Waals surface area contributed by atoms with Crippen LogP contribution in [0.2, 0.25) is 0 Å². The lowest BCUT2D eigenvalue weighted by molar-refractivity contribution is 0.0959. The van der Waals surface area contributed by atoms with Gasteiger partial charge in [-0.15, -0.1) is 6.58 Å². The highest BCUT2D eigenvalue weighted by atomic mass is 16.1. The molecule has 0 aliphatic rings. The monoisotopic (exact) mass is 215 g/mol. The van der Waals surface area contributed by atoms with Gasteiger partial charge in [0, 0.05) is 29.3 Å². The summed E-state index contributed by atoms with van der Waals surface area (Å²) in [6, 6.07) is 5.44. The third-order valence-corrected chi connectivity index (χ3v) is 2.36. The SMILES string of the molecule is C=CCNC(=O)c1c[nH]c2ccc(N)cc12. The minimum absolute atomic E-state index is 0.128. The van der Waals surface area contributed by atoms with Crippen LogP contribution in [0.25, 0.3) is 10.9 Å². The molecule has 0 saturated carbocycles. The standard InChI is InChI=1S/C12H13N3O/c1-2-5-14-12(16)10-7-15-11-4-3-8(13)6-9(10)11/h2-4,6-7,15H,1,5,13H2,(H,14,16). The average molecular weight is 215 g/mol. The molecule has 0 radical (unpaired) electrons. The van der Waals surface area contributed by atoms with E-state index in [1.165, 1.54) is 0 Å². The van der Waals surface area contributed by atoms with Crippen molar-refractivity contribution in [2.75, 3.05) is 12.3 Å². The first-order valence-electron chi connectivity index (χ1n) is 4.98. The summed E-state index contributed by atoms with van der Waals surface area (Å²) in [4.78, 5) is 14.8. The lowest BCUT2D eigenvalue weighted by atomic mass is 10.1. The highest BCUT2D eigenvalue weighted by Crippen LogP contribution is 2.20. The molecule has 1 aromatic carbocycles. The molecule has 0 unspecified atom stereocenters. The fourth-order valence-corrected chi connectivity index (χ4v) is 1.59. The van der Waals surface area contributed by atoms with Gasteiger partial charge in [0.1, 0.15) is 0 Å². The molecule has 1 heterocycles. The highest BCUT2D eigenvalue weighted by molar-refractivity contribution is 6.07. The maximum absolute atomic E-state index is 11.8. The maximum Gasteiger partial charge on any atom is 0.253 e. The Kier molecular flexibility index (Phi) is 2.64. The van der Waals surface area contributed by atoms with Crippen LogP contribution in [0.3, 0.4) is 0 Å². The largest absolute Gasteiger partial charge is 0.399 e. The number of nitrogens with one attached hydrogen (secondary N) is 2. The van der Waals surface area contributed by atoms with Gasteiger partial charge in [-0.05, 0) is 18.2 Å². The third-order valence-electron chi connectivity index (χ3n) is 2.36. The molecule has 82 valence electrons. The van der Waals surface area contributed by atoms with Crippen molar-refractivity contribution in [2.45, 2.75) is 0 Å². The number of H-pyrrole nitrogens is 1. The summed E-state index contributed by atoms with van der Waals surface area (Å²) in [5.41, 5.74) is 7.84. The van der Waals surface area contributed by atoms with Gasteiger partial charge in [-0.25, -0.2) is 0 Å². The third kappa shape index (κ3) is 1.77. The van der Waals surface area contributed by atoms with Crippen LogP contribution in [-0.4, -0.2) is 17.4 Å². The Morgan fingerprint density at radius 3 is 3.12 bits per heavy atom. The Bertz CT molecular complexity index is 542. The Balaban J connectivity index is 2.40. The van der Waals surface area contributed by atoms with Gasteiger partial charge in [-0.3, -0.25) is 4.79 Å². The summed E-state index contributed by atoms with van der Waals surface area (Å²) >= 11 is 0. The van der Waals surface area contributed by atoms with E-state index in [4.69, 9.17) is 5.73 Å². The zero-order valence-electron chi connectivity index (χ0n) is 8.79. The smallest absolute Gasteiger partial charge is 0.253 e. The van der Waals surface area contributed by atoms with Crippen LogP contribution in [0, 0.1) is 0 Å². The van der Waals surface area contributed by atoms with Crippen LogP contribution in [0.4, 0.5) is 5.69 Å². The van der Waals surface area contributed by atoms with Gasteiger partial charge in [0.05, 0.1) is 5.56 Å². The molecule has 2 aromatic rings.